The molecule has 1 aromatic carbocycles. The SMILES string of the molecule is COCc1nc(-c2ccc(OC(F)F)cc2)oc1C(=O)O. The maximum Gasteiger partial charge on any atom is 0.387 e. The molecule has 0 unspecified atom stereocenters. The van der Waals surface area contributed by atoms with Gasteiger partial charge in [-0.3, -0.25) is 0 Å². The second kappa shape index (κ2) is 6.31. The molecule has 2 rings (SSSR count). The number of alkyl halides is 2. The van der Waals surface area contributed by atoms with Crippen molar-refractivity contribution in [1.29, 1.82) is 0 Å². The molecule has 8 heteroatoms. The minimum atomic E-state index is -2.91. The van der Waals surface area contributed by atoms with E-state index in [0.717, 1.165) is 0 Å². The van der Waals surface area contributed by atoms with Crippen LogP contribution in [0.1, 0.15) is 16.2 Å². The van der Waals surface area contributed by atoms with E-state index in [-0.39, 0.29) is 29.7 Å². The third kappa shape index (κ3) is 3.54. The maximum atomic E-state index is 12.0. The van der Waals surface area contributed by atoms with Crippen LogP contribution in [0.15, 0.2) is 28.7 Å². The lowest BCUT2D eigenvalue weighted by Crippen LogP contribution is -2.01. The number of nitrogens with zero attached hydrogens (tertiary/aromatic N) is 1. The van der Waals surface area contributed by atoms with E-state index in [2.05, 4.69) is 9.72 Å². The second-order valence-electron chi connectivity index (χ2n) is 3.94. The Bertz CT molecular complexity index is 624. The predicted octanol–water partition coefficient (Wildman–Crippen LogP) is 2.79. The summed E-state index contributed by atoms with van der Waals surface area (Å²) in [7, 11) is 1.40. The van der Waals surface area contributed by atoms with Gasteiger partial charge in [-0.15, -0.1) is 0 Å². The van der Waals surface area contributed by atoms with E-state index in [1.807, 2.05) is 0 Å². The van der Waals surface area contributed by atoms with E-state index in [0.29, 0.717) is 5.56 Å². The van der Waals surface area contributed by atoms with Crippen molar-refractivity contribution < 1.29 is 32.6 Å². The number of ether oxygens (including phenoxy) is 2. The van der Waals surface area contributed by atoms with Gasteiger partial charge < -0.3 is 19.0 Å². The monoisotopic (exact) mass is 299 g/mol. The highest BCUT2D eigenvalue weighted by Crippen LogP contribution is 2.25. The summed E-state index contributed by atoms with van der Waals surface area (Å²) in [4.78, 5) is 15.0. The number of halogens is 2. The Hall–Kier alpha value is -2.48. The quantitative estimate of drug-likeness (QED) is 0.883. The number of carbonyl (C=O) groups is 1. The molecule has 0 aliphatic carbocycles. The number of carboxylic acids is 1. The number of rotatable bonds is 6. The molecule has 21 heavy (non-hydrogen) atoms. The Morgan fingerprint density at radius 3 is 2.57 bits per heavy atom. The zero-order valence-corrected chi connectivity index (χ0v) is 10.9. The molecule has 0 atom stereocenters. The molecule has 6 nitrogen and oxygen atoms in total. The first-order valence-corrected chi connectivity index (χ1v) is 5.78. The normalized spacial score (nSPS) is 10.9. The van der Waals surface area contributed by atoms with Gasteiger partial charge in [0.25, 0.3) is 0 Å². The summed E-state index contributed by atoms with van der Waals surface area (Å²) in [5, 5.41) is 9.00. The first-order valence-electron chi connectivity index (χ1n) is 5.78. The van der Waals surface area contributed by atoms with Crippen LogP contribution < -0.4 is 4.74 Å². The fourth-order valence-corrected chi connectivity index (χ4v) is 1.66. The van der Waals surface area contributed by atoms with Crippen LogP contribution in [0.4, 0.5) is 8.78 Å². The second-order valence-corrected chi connectivity index (χ2v) is 3.94. The Labute approximate surface area is 117 Å². The molecule has 0 bridgehead atoms. The number of carboxylic acid groups (broad SMARTS) is 1. The number of benzene rings is 1. The van der Waals surface area contributed by atoms with Gasteiger partial charge in [-0.1, -0.05) is 0 Å². The number of aromatic nitrogens is 1. The smallest absolute Gasteiger partial charge is 0.387 e. The van der Waals surface area contributed by atoms with Crippen molar-refractivity contribution in [2.24, 2.45) is 0 Å². The minimum Gasteiger partial charge on any atom is -0.475 e. The molecular weight excluding hydrogens is 288 g/mol. The topological polar surface area (TPSA) is 81.8 Å². The number of hydrogen-bond donors (Lipinski definition) is 1. The van der Waals surface area contributed by atoms with Crippen LogP contribution >= 0.6 is 0 Å². The van der Waals surface area contributed by atoms with Crippen molar-refractivity contribution in [2.45, 2.75) is 13.2 Å². The van der Waals surface area contributed by atoms with Gasteiger partial charge in [0, 0.05) is 12.7 Å². The van der Waals surface area contributed by atoms with Crippen LogP contribution in [0.5, 0.6) is 5.75 Å². The molecule has 0 saturated carbocycles. The highest BCUT2D eigenvalue weighted by Gasteiger charge is 2.20. The zero-order valence-electron chi connectivity index (χ0n) is 10.9. The molecule has 112 valence electrons. The largest absolute Gasteiger partial charge is 0.475 e. The van der Waals surface area contributed by atoms with Gasteiger partial charge >= 0.3 is 12.6 Å². The van der Waals surface area contributed by atoms with Crippen molar-refractivity contribution in [3.05, 3.63) is 35.7 Å². The molecule has 0 aliphatic rings. The van der Waals surface area contributed by atoms with E-state index >= 15 is 0 Å². The lowest BCUT2D eigenvalue weighted by atomic mass is 10.2. The molecule has 0 saturated heterocycles. The van der Waals surface area contributed by atoms with Crippen molar-refractivity contribution in [3.8, 4) is 17.2 Å². The van der Waals surface area contributed by atoms with Crippen molar-refractivity contribution in [2.75, 3.05) is 7.11 Å². The first-order chi connectivity index (χ1) is 10.0. The lowest BCUT2D eigenvalue weighted by Gasteiger charge is -2.03. The summed E-state index contributed by atoms with van der Waals surface area (Å²) in [6.07, 6.45) is 0. The molecule has 2 aromatic rings. The van der Waals surface area contributed by atoms with Crippen LogP contribution in [-0.2, 0) is 11.3 Å². The van der Waals surface area contributed by atoms with Crippen LogP contribution in [0.2, 0.25) is 0 Å². The molecule has 1 N–H and O–H groups in total. The van der Waals surface area contributed by atoms with Gasteiger partial charge in [0.05, 0.1) is 6.61 Å². The Kier molecular flexibility index (Phi) is 4.49. The summed E-state index contributed by atoms with van der Waals surface area (Å²) in [5.74, 6) is -1.54. The predicted molar refractivity (Wildman–Crippen MR) is 66.2 cm³/mol. The van der Waals surface area contributed by atoms with Crippen LogP contribution in [0, 0.1) is 0 Å². The van der Waals surface area contributed by atoms with Crippen molar-refractivity contribution in [1.82, 2.24) is 4.98 Å². The number of aromatic carboxylic acids is 1. The molecule has 1 heterocycles. The molecule has 0 amide bonds. The van der Waals surface area contributed by atoms with Gasteiger partial charge in [-0.05, 0) is 24.3 Å². The number of methoxy groups -OCH3 is 1. The summed E-state index contributed by atoms with van der Waals surface area (Å²) >= 11 is 0. The standard InChI is InChI=1S/C13H11F2NO5/c1-19-6-9-10(12(17)18)21-11(16-9)7-2-4-8(5-3-7)20-13(14)15/h2-5,13H,6H2,1H3,(H,17,18). The van der Waals surface area contributed by atoms with E-state index in [9.17, 15) is 13.6 Å². The molecular formula is C13H11F2NO5. The molecule has 0 radical (unpaired) electrons. The van der Waals surface area contributed by atoms with Crippen LogP contribution in [0.25, 0.3) is 11.5 Å². The number of oxazole rings is 1. The minimum absolute atomic E-state index is 0.0162. The Balaban J connectivity index is 2.29. The van der Waals surface area contributed by atoms with Gasteiger partial charge in [0.15, 0.2) is 0 Å². The van der Waals surface area contributed by atoms with Gasteiger partial charge in [0.1, 0.15) is 11.4 Å². The Morgan fingerprint density at radius 1 is 1.38 bits per heavy atom. The average Bonchev–Trinajstić information content (AvgIpc) is 2.83. The highest BCUT2D eigenvalue weighted by molar-refractivity contribution is 5.86. The summed E-state index contributed by atoms with van der Waals surface area (Å²) in [6, 6.07) is 5.49. The maximum absolute atomic E-state index is 12.0. The van der Waals surface area contributed by atoms with Gasteiger partial charge in [-0.2, -0.15) is 8.78 Å². The molecule has 0 fully saturated rings. The van der Waals surface area contributed by atoms with Gasteiger partial charge in [-0.25, -0.2) is 9.78 Å². The highest BCUT2D eigenvalue weighted by atomic mass is 19.3. The molecule has 0 aliphatic heterocycles. The summed E-state index contributed by atoms with van der Waals surface area (Å²) in [6.45, 7) is -2.93. The van der Waals surface area contributed by atoms with E-state index in [4.69, 9.17) is 14.3 Å². The summed E-state index contributed by atoms with van der Waals surface area (Å²) < 4.78 is 38.3. The fourth-order valence-electron chi connectivity index (χ4n) is 1.66. The first kappa shape index (κ1) is 14.9. The zero-order chi connectivity index (χ0) is 15.4. The Morgan fingerprint density at radius 2 is 2.05 bits per heavy atom. The molecule has 0 spiro atoms. The van der Waals surface area contributed by atoms with E-state index in [1.165, 1.54) is 31.4 Å². The molecule has 1 aromatic heterocycles. The third-order valence-electron chi connectivity index (χ3n) is 2.50. The van der Waals surface area contributed by atoms with Crippen LogP contribution in [-0.4, -0.2) is 29.8 Å². The van der Waals surface area contributed by atoms with Crippen molar-refractivity contribution >= 4 is 5.97 Å². The van der Waals surface area contributed by atoms with Gasteiger partial charge in [0.2, 0.25) is 11.7 Å². The van der Waals surface area contributed by atoms with E-state index in [1.54, 1.807) is 0 Å². The number of hydrogen-bond acceptors (Lipinski definition) is 5. The lowest BCUT2D eigenvalue weighted by molar-refractivity contribution is -0.0498. The average molecular weight is 299 g/mol. The summed E-state index contributed by atoms with van der Waals surface area (Å²) in [5.41, 5.74) is 0.578. The third-order valence-corrected chi connectivity index (χ3v) is 2.50. The van der Waals surface area contributed by atoms with Crippen molar-refractivity contribution in [3.63, 3.8) is 0 Å². The fraction of sp³-hybridized carbons (Fsp3) is 0.231. The van der Waals surface area contributed by atoms with Crippen LogP contribution in [0.3, 0.4) is 0 Å². The van der Waals surface area contributed by atoms with E-state index < -0.39 is 12.6 Å².